The summed E-state index contributed by atoms with van der Waals surface area (Å²) < 4.78 is 5.32. The Labute approximate surface area is 102 Å². The Balaban J connectivity index is 2.55. The van der Waals surface area contributed by atoms with Crippen molar-refractivity contribution < 1.29 is 14.5 Å². The predicted molar refractivity (Wildman–Crippen MR) is 65.2 cm³/mol. The van der Waals surface area contributed by atoms with Crippen molar-refractivity contribution in [2.24, 2.45) is 11.5 Å². The lowest BCUT2D eigenvalue weighted by Crippen LogP contribution is -2.86. The number of piperidine rings is 1. The Morgan fingerprint density at radius 2 is 2.06 bits per heavy atom. The SMILES string of the molecule is CC(C)(C)OC(=O)N1CCC[C@@H]([NH+]=C(N)N)C1. The molecule has 1 heterocycles. The normalized spacial score (nSPS) is 20.9. The zero-order valence-electron chi connectivity index (χ0n) is 10.8. The highest BCUT2D eigenvalue weighted by Crippen LogP contribution is 2.13. The number of amides is 1. The molecular formula is C11H23N4O2+. The van der Waals surface area contributed by atoms with Gasteiger partial charge >= 0.3 is 12.1 Å². The van der Waals surface area contributed by atoms with Crippen molar-refractivity contribution in [3.05, 3.63) is 0 Å². The lowest BCUT2D eigenvalue weighted by Gasteiger charge is -2.32. The van der Waals surface area contributed by atoms with Crippen molar-refractivity contribution >= 4 is 12.1 Å². The van der Waals surface area contributed by atoms with Gasteiger partial charge in [-0.15, -0.1) is 0 Å². The highest BCUT2D eigenvalue weighted by Gasteiger charge is 2.27. The summed E-state index contributed by atoms with van der Waals surface area (Å²) in [4.78, 5) is 16.5. The molecule has 0 saturated carbocycles. The van der Waals surface area contributed by atoms with E-state index < -0.39 is 5.60 Å². The zero-order chi connectivity index (χ0) is 13.1. The number of hydrogen-bond donors (Lipinski definition) is 3. The van der Waals surface area contributed by atoms with Gasteiger partial charge in [-0.3, -0.25) is 16.5 Å². The standard InChI is InChI=1S/C11H22N4O2/c1-11(2,3)17-10(16)15-6-4-5-8(7-15)14-9(12)13/h8H,4-7H2,1-3H3,(H4,12,13,14)/p+1/t8-/m1/s1. The van der Waals surface area contributed by atoms with E-state index in [0.717, 1.165) is 19.4 Å². The molecule has 0 radical (unpaired) electrons. The van der Waals surface area contributed by atoms with Crippen molar-refractivity contribution in [1.29, 1.82) is 0 Å². The molecule has 1 fully saturated rings. The maximum absolute atomic E-state index is 11.9. The number of carbonyl (C=O) groups excluding carboxylic acids is 1. The van der Waals surface area contributed by atoms with Gasteiger partial charge in [0.05, 0.1) is 12.6 Å². The second kappa shape index (κ2) is 5.25. The Bertz CT molecular complexity index is 305. The maximum Gasteiger partial charge on any atom is 0.410 e. The molecule has 98 valence electrons. The van der Waals surface area contributed by atoms with Crippen LogP contribution in [0.4, 0.5) is 4.79 Å². The van der Waals surface area contributed by atoms with Crippen LogP contribution in [0, 0.1) is 0 Å². The summed E-state index contributed by atoms with van der Waals surface area (Å²) in [6, 6.07) is 0.112. The van der Waals surface area contributed by atoms with Crippen LogP contribution in [0.15, 0.2) is 0 Å². The van der Waals surface area contributed by atoms with E-state index in [1.807, 2.05) is 20.8 Å². The van der Waals surface area contributed by atoms with E-state index in [0.29, 0.717) is 6.54 Å². The summed E-state index contributed by atoms with van der Waals surface area (Å²) in [7, 11) is 0. The minimum atomic E-state index is -0.462. The van der Waals surface area contributed by atoms with E-state index in [1.54, 1.807) is 4.90 Å². The lowest BCUT2D eigenvalue weighted by atomic mass is 10.1. The van der Waals surface area contributed by atoms with Gasteiger partial charge in [0.25, 0.3) is 0 Å². The first-order valence-corrected chi connectivity index (χ1v) is 5.90. The van der Waals surface area contributed by atoms with Gasteiger partial charge in [-0.25, -0.2) is 4.79 Å². The molecule has 5 N–H and O–H groups in total. The molecule has 0 spiro atoms. The van der Waals surface area contributed by atoms with Gasteiger partial charge in [0.2, 0.25) is 0 Å². The van der Waals surface area contributed by atoms with Crippen LogP contribution in [-0.2, 0) is 4.74 Å². The van der Waals surface area contributed by atoms with Crippen molar-refractivity contribution in [2.45, 2.75) is 45.3 Å². The molecule has 6 nitrogen and oxygen atoms in total. The predicted octanol–water partition coefficient (Wildman–Crippen LogP) is -1.26. The third-order valence-electron chi connectivity index (χ3n) is 2.44. The summed E-state index contributed by atoms with van der Waals surface area (Å²) in [6.45, 7) is 6.87. The lowest BCUT2D eigenvalue weighted by molar-refractivity contribution is -0.508. The summed E-state index contributed by atoms with van der Waals surface area (Å²) in [6.07, 6.45) is 1.60. The van der Waals surface area contributed by atoms with Crippen LogP contribution < -0.4 is 16.5 Å². The van der Waals surface area contributed by atoms with Crippen LogP contribution in [0.3, 0.4) is 0 Å². The topological polar surface area (TPSA) is 95.5 Å². The monoisotopic (exact) mass is 243 g/mol. The number of ether oxygens (including phenoxy) is 1. The number of nitrogens with two attached hydrogens (primary N) is 2. The van der Waals surface area contributed by atoms with E-state index in [9.17, 15) is 4.79 Å². The van der Waals surface area contributed by atoms with E-state index in [1.165, 1.54) is 0 Å². The fourth-order valence-electron chi connectivity index (χ4n) is 1.82. The first kappa shape index (κ1) is 13.6. The van der Waals surface area contributed by atoms with Gasteiger partial charge in [0.15, 0.2) is 0 Å². The molecular weight excluding hydrogens is 220 g/mol. The molecule has 1 rings (SSSR count). The molecule has 1 amide bonds. The minimum absolute atomic E-state index is 0.112. The van der Waals surface area contributed by atoms with Crippen LogP contribution in [0.1, 0.15) is 33.6 Å². The molecule has 1 atom stereocenters. The van der Waals surface area contributed by atoms with E-state index >= 15 is 0 Å². The number of nitrogens with one attached hydrogen (secondary N) is 1. The third-order valence-corrected chi connectivity index (χ3v) is 2.44. The van der Waals surface area contributed by atoms with Crippen LogP contribution in [-0.4, -0.2) is 41.7 Å². The molecule has 1 aliphatic rings. The second-order valence-corrected chi connectivity index (χ2v) is 5.37. The Morgan fingerprint density at radius 1 is 1.41 bits per heavy atom. The molecule has 0 aliphatic carbocycles. The van der Waals surface area contributed by atoms with Gasteiger partial charge in [-0.05, 0) is 33.6 Å². The van der Waals surface area contributed by atoms with E-state index in [4.69, 9.17) is 16.2 Å². The van der Waals surface area contributed by atoms with Crippen LogP contribution in [0.5, 0.6) is 0 Å². The van der Waals surface area contributed by atoms with Crippen LogP contribution >= 0.6 is 0 Å². The van der Waals surface area contributed by atoms with E-state index in [-0.39, 0.29) is 18.1 Å². The second-order valence-electron chi connectivity index (χ2n) is 5.37. The fraction of sp³-hybridized carbons (Fsp3) is 0.818. The Hall–Kier alpha value is -1.46. The third kappa shape index (κ3) is 4.93. The van der Waals surface area contributed by atoms with Crippen molar-refractivity contribution in [3.63, 3.8) is 0 Å². The molecule has 1 saturated heterocycles. The van der Waals surface area contributed by atoms with Crippen LogP contribution in [0.25, 0.3) is 0 Å². The first-order chi connectivity index (χ1) is 7.78. The first-order valence-electron chi connectivity index (χ1n) is 5.90. The van der Waals surface area contributed by atoms with Gasteiger partial charge in [-0.2, -0.15) is 0 Å². The average Bonchev–Trinajstić information content (AvgIpc) is 2.14. The average molecular weight is 243 g/mol. The smallest absolute Gasteiger partial charge is 0.410 e. The molecule has 0 aromatic rings. The van der Waals surface area contributed by atoms with Crippen molar-refractivity contribution in [1.82, 2.24) is 4.90 Å². The summed E-state index contributed by atoms with van der Waals surface area (Å²) in [5.74, 6) is 0.195. The molecule has 0 aromatic heterocycles. The summed E-state index contributed by atoms with van der Waals surface area (Å²) >= 11 is 0. The molecule has 0 bridgehead atoms. The Kier molecular flexibility index (Phi) is 4.20. The summed E-state index contributed by atoms with van der Waals surface area (Å²) in [5, 5.41) is 0. The number of guanidine groups is 1. The van der Waals surface area contributed by atoms with Gasteiger partial charge in [0, 0.05) is 6.54 Å². The number of hydrogen-bond acceptors (Lipinski definition) is 2. The zero-order valence-corrected chi connectivity index (χ0v) is 10.8. The largest absolute Gasteiger partial charge is 0.444 e. The van der Waals surface area contributed by atoms with E-state index in [2.05, 4.69) is 4.99 Å². The van der Waals surface area contributed by atoms with Crippen molar-refractivity contribution in [2.75, 3.05) is 13.1 Å². The quantitative estimate of drug-likeness (QED) is 0.396. The molecule has 0 aromatic carbocycles. The molecule has 1 aliphatic heterocycles. The maximum atomic E-state index is 11.9. The minimum Gasteiger partial charge on any atom is -0.444 e. The molecule has 17 heavy (non-hydrogen) atoms. The number of likely N-dealkylation sites (tertiary alicyclic amines) is 1. The Morgan fingerprint density at radius 3 is 2.59 bits per heavy atom. The highest BCUT2D eigenvalue weighted by atomic mass is 16.6. The van der Waals surface area contributed by atoms with Gasteiger partial charge < -0.3 is 9.64 Å². The highest BCUT2D eigenvalue weighted by molar-refractivity contribution is 5.69. The fourth-order valence-corrected chi connectivity index (χ4v) is 1.82. The van der Waals surface area contributed by atoms with Crippen LogP contribution in [0.2, 0.25) is 0 Å². The molecule has 0 unspecified atom stereocenters. The number of carbonyl (C=O) groups is 1. The molecule has 6 heteroatoms. The van der Waals surface area contributed by atoms with Gasteiger partial charge in [0.1, 0.15) is 5.60 Å². The van der Waals surface area contributed by atoms with Gasteiger partial charge in [-0.1, -0.05) is 0 Å². The number of rotatable bonds is 1. The van der Waals surface area contributed by atoms with Crippen molar-refractivity contribution in [3.8, 4) is 0 Å². The summed E-state index contributed by atoms with van der Waals surface area (Å²) in [5.41, 5.74) is 10.3. The number of nitrogens with zero attached hydrogens (tertiary/aromatic N) is 1.